The SMILES string of the molecule is CC(=O)c1ccc(-c2cncc3[nH]c(-c4n[nH]c5cnc(-c6cncc(N(C)C)c6)cc45)nc23)s1. The third-order valence-electron chi connectivity index (χ3n) is 5.82. The Morgan fingerprint density at radius 3 is 2.66 bits per heavy atom. The van der Waals surface area contributed by atoms with E-state index in [0.717, 1.165) is 49.3 Å². The van der Waals surface area contributed by atoms with Gasteiger partial charge in [-0.05, 0) is 31.2 Å². The number of nitrogens with zero attached hydrogens (tertiary/aromatic N) is 6. The molecular formula is C25H20N8OS. The summed E-state index contributed by atoms with van der Waals surface area (Å²) < 4.78 is 0. The molecule has 0 aliphatic carbocycles. The minimum Gasteiger partial charge on any atom is -0.376 e. The number of H-pyrrole nitrogens is 2. The van der Waals surface area contributed by atoms with Gasteiger partial charge in [0.2, 0.25) is 0 Å². The topological polar surface area (TPSA) is 116 Å². The lowest BCUT2D eigenvalue weighted by Crippen LogP contribution is -2.08. The normalized spacial score (nSPS) is 11.4. The largest absolute Gasteiger partial charge is 0.376 e. The van der Waals surface area contributed by atoms with Gasteiger partial charge in [0.05, 0.1) is 45.9 Å². The first kappa shape index (κ1) is 21.1. The van der Waals surface area contributed by atoms with Gasteiger partial charge in [0.25, 0.3) is 0 Å². The molecule has 10 heteroatoms. The Morgan fingerprint density at radius 1 is 1.00 bits per heavy atom. The van der Waals surface area contributed by atoms with Crippen LogP contribution in [0.5, 0.6) is 0 Å². The summed E-state index contributed by atoms with van der Waals surface area (Å²) in [4.78, 5) is 37.0. The second-order valence-electron chi connectivity index (χ2n) is 8.40. The van der Waals surface area contributed by atoms with Crippen LogP contribution in [-0.4, -0.2) is 55.0 Å². The number of thiophene rings is 1. The van der Waals surface area contributed by atoms with Crippen molar-refractivity contribution in [2.45, 2.75) is 6.92 Å². The van der Waals surface area contributed by atoms with Crippen LogP contribution >= 0.6 is 11.3 Å². The van der Waals surface area contributed by atoms with Gasteiger partial charge in [-0.1, -0.05) is 0 Å². The predicted octanol–water partition coefficient (Wildman–Crippen LogP) is 4.96. The summed E-state index contributed by atoms with van der Waals surface area (Å²) in [7, 11) is 3.96. The summed E-state index contributed by atoms with van der Waals surface area (Å²) >= 11 is 1.44. The highest BCUT2D eigenvalue weighted by Gasteiger charge is 2.18. The Kier molecular flexibility index (Phi) is 4.89. The Bertz CT molecular complexity index is 1730. The molecule has 6 aromatic heterocycles. The molecule has 172 valence electrons. The number of carbonyl (C=O) groups excluding carboxylic acids is 1. The lowest BCUT2D eigenvalue weighted by Gasteiger charge is -2.12. The second kappa shape index (κ2) is 8.10. The van der Waals surface area contributed by atoms with Crippen molar-refractivity contribution >= 4 is 44.7 Å². The number of fused-ring (bicyclic) bond motifs is 2. The maximum Gasteiger partial charge on any atom is 0.169 e. The number of imidazole rings is 1. The van der Waals surface area contributed by atoms with Crippen molar-refractivity contribution in [1.29, 1.82) is 0 Å². The molecule has 0 radical (unpaired) electrons. The number of pyridine rings is 3. The van der Waals surface area contributed by atoms with Crippen molar-refractivity contribution < 1.29 is 4.79 Å². The van der Waals surface area contributed by atoms with E-state index in [-0.39, 0.29) is 5.78 Å². The van der Waals surface area contributed by atoms with Crippen molar-refractivity contribution in [3.8, 4) is 33.2 Å². The summed E-state index contributed by atoms with van der Waals surface area (Å²) in [5, 5.41) is 8.48. The first-order valence-corrected chi connectivity index (χ1v) is 11.7. The zero-order valence-corrected chi connectivity index (χ0v) is 20.0. The first-order valence-electron chi connectivity index (χ1n) is 10.9. The van der Waals surface area contributed by atoms with E-state index in [1.54, 1.807) is 31.7 Å². The van der Waals surface area contributed by atoms with E-state index in [1.807, 2.05) is 43.4 Å². The molecule has 0 saturated carbocycles. The Hall–Kier alpha value is -4.44. The highest BCUT2D eigenvalue weighted by Crippen LogP contribution is 2.35. The number of carbonyl (C=O) groups is 1. The minimum absolute atomic E-state index is 0.0443. The molecule has 0 aliphatic heterocycles. The Labute approximate surface area is 203 Å². The second-order valence-corrected chi connectivity index (χ2v) is 9.49. The highest BCUT2D eigenvalue weighted by molar-refractivity contribution is 7.17. The van der Waals surface area contributed by atoms with Crippen LogP contribution in [0.2, 0.25) is 0 Å². The molecule has 0 atom stereocenters. The summed E-state index contributed by atoms with van der Waals surface area (Å²) in [6.07, 6.45) is 8.91. The van der Waals surface area contributed by atoms with Crippen LogP contribution in [0.4, 0.5) is 5.69 Å². The molecule has 2 N–H and O–H groups in total. The number of nitrogens with one attached hydrogen (secondary N) is 2. The van der Waals surface area contributed by atoms with E-state index < -0.39 is 0 Å². The molecule has 6 rings (SSSR count). The lowest BCUT2D eigenvalue weighted by molar-refractivity contribution is 0.102. The molecule has 0 spiro atoms. The molecule has 0 aromatic carbocycles. The smallest absolute Gasteiger partial charge is 0.169 e. The van der Waals surface area contributed by atoms with E-state index in [4.69, 9.17) is 4.98 Å². The van der Waals surface area contributed by atoms with E-state index in [2.05, 4.69) is 36.2 Å². The van der Waals surface area contributed by atoms with Gasteiger partial charge >= 0.3 is 0 Å². The third kappa shape index (κ3) is 3.64. The van der Waals surface area contributed by atoms with Crippen molar-refractivity contribution in [3.63, 3.8) is 0 Å². The van der Waals surface area contributed by atoms with Gasteiger partial charge in [-0.25, -0.2) is 4.98 Å². The van der Waals surface area contributed by atoms with Gasteiger partial charge in [-0.2, -0.15) is 5.10 Å². The van der Waals surface area contributed by atoms with E-state index >= 15 is 0 Å². The average molecular weight is 481 g/mol. The fourth-order valence-corrected chi connectivity index (χ4v) is 4.88. The molecule has 0 unspecified atom stereocenters. The number of hydrogen-bond acceptors (Lipinski definition) is 8. The number of anilines is 1. The fraction of sp³-hybridized carbons (Fsp3) is 0.120. The van der Waals surface area contributed by atoms with Crippen LogP contribution < -0.4 is 4.90 Å². The molecule has 0 bridgehead atoms. The highest BCUT2D eigenvalue weighted by atomic mass is 32.1. The van der Waals surface area contributed by atoms with Crippen molar-refractivity contribution in [2.75, 3.05) is 19.0 Å². The zero-order chi connectivity index (χ0) is 24.1. The number of Topliss-reactive ketones (excluding diaryl/α,β-unsaturated/α-hetero) is 1. The summed E-state index contributed by atoms with van der Waals surface area (Å²) in [6.45, 7) is 1.57. The van der Waals surface area contributed by atoms with Gasteiger partial charge in [0.15, 0.2) is 11.6 Å². The first-order chi connectivity index (χ1) is 17.0. The van der Waals surface area contributed by atoms with Crippen molar-refractivity contribution in [1.82, 2.24) is 35.1 Å². The maximum absolute atomic E-state index is 11.8. The molecule has 0 saturated heterocycles. The van der Waals surface area contributed by atoms with Crippen molar-refractivity contribution in [2.24, 2.45) is 0 Å². The minimum atomic E-state index is 0.0443. The number of rotatable bonds is 5. The van der Waals surface area contributed by atoms with Crippen molar-refractivity contribution in [3.05, 3.63) is 60.1 Å². The Morgan fingerprint density at radius 2 is 1.86 bits per heavy atom. The van der Waals surface area contributed by atoms with Crippen LogP contribution in [0, 0.1) is 0 Å². The number of hydrogen-bond donors (Lipinski definition) is 2. The number of aromatic amines is 2. The van der Waals surface area contributed by atoms with E-state index in [0.29, 0.717) is 16.4 Å². The third-order valence-corrected chi connectivity index (χ3v) is 7.04. The summed E-state index contributed by atoms with van der Waals surface area (Å²) in [5.41, 5.74) is 6.66. The molecule has 35 heavy (non-hydrogen) atoms. The molecule has 6 heterocycles. The molecule has 0 amide bonds. The van der Waals surface area contributed by atoms with E-state index in [9.17, 15) is 4.79 Å². The summed E-state index contributed by atoms with van der Waals surface area (Å²) in [5.74, 6) is 0.670. The van der Waals surface area contributed by atoms with Crippen LogP contribution in [0.3, 0.4) is 0 Å². The van der Waals surface area contributed by atoms with Crippen LogP contribution in [0.15, 0.2) is 55.2 Å². The van der Waals surface area contributed by atoms with E-state index in [1.165, 1.54) is 11.3 Å². The van der Waals surface area contributed by atoms with Gasteiger partial charge < -0.3 is 9.88 Å². The maximum atomic E-state index is 11.8. The summed E-state index contributed by atoms with van der Waals surface area (Å²) in [6, 6.07) is 7.82. The lowest BCUT2D eigenvalue weighted by atomic mass is 10.1. The molecule has 6 aromatic rings. The van der Waals surface area contributed by atoms with Gasteiger partial charge in [-0.15, -0.1) is 11.3 Å². The van der Waals surface area contributed by atoms with Gasteiger partial charge in [0.1, 0.15) is 11.2 Å². The molecule has 0 fully saturated rings. The molecule has 0 aliphatic rings. The monoisotopic (exact) mass is 480 g/mol. The van der Waals surface area contributed by atoms with Crippen LogP contribution in [-0.2, 0) is 0 Å². The fourth-order valence-electron chi connectivity index (χ4n) is 3.96. The molecule has 9 nitrogen and oxygen atoms in total. The standard InChI is InChI=1S/C25H20N8OS/c1-13(34)21-4-5-22(35-21)17-10-27-11-20-23(17)30-25(29-20)24-16-7-18(28-12-19(16)31-32-24)14-6-15(33(2)3)9-26-8-14/h4-12H,1-3H3,(H,29,30)(H,31,32). The predicted molar refractivity (Wildman–Crippen MR) is 138 cm³/mol. The number of ketones is 1. The van der Waals surface area contributed by atoms with Crippen LogP contribution in [0.1, 0.15) is 16.6 Å². The van der Waals surface area contributed by atoms with Gasteiger partial charge in [-0.3, -0.25) is 24.8 Å². The quantitative estimate of drug-likeness (QED) is 0.335. The Balaban J connectivity index is 1.46. The van der Waals surface area contributed by atoms with Crippen LogP contribution in [0.25, 0.3) is 55.2 Å². The van der Waals surface area contributed by atoms with Gasteiger partial charge in [0, 0.05) is 47.9 Å². The number of aromatic nitrogens is 7. The zero-order valence-electron chi connectivity index (χ0n) is 19.2. The average Bonchev–Trinajstić information content (AvgIpc) is 3.61. The molecular weight excluding hydrogens is 460 g/mol.